The second-order valence-electron chi connectivity index (χ2n) is 4.48. The summed E-state index contributed by atoms with van der Waals surface area (Å²) in [6.07, 6.45) is 4.97. The zero-order chi connectivity index (χ0) is 14.1. The molecule has 5 nitrogen and oxygen atoms in total. The van der Waals surface area contributed by atoms with E-state index in [-0.39, 0.29) is 11.2 Å². The van der Waals surface area contributed by atoms with Crippen LogP contribution in [0.25, 0.3) is 16.5 Å². The number of aromatic nitrogens is 2. The molecule has 0 aliphatic carbocycles. The van der Waals surface area contributed by atoms with E-state index in [9.17, 15) is 9.70 Å². The minimum absolute atomic E-state index is 0.191. The van der Waals surface area contributed by atoms with Crippen molar-refractivity contribution >= 4 is 16.5 Å². The van der Waals surface area contributed by atoms with E-state index in [1.807, 2.05) is 13.0 Å². The Morgan fingerprint density at radius 3 is 2.75 bits per heavy atom. The number of benzene rings is 1. The minimum Gasteiger partial charge on any atom is -0.282 e. The van der Waals surface area contributed by atoms with Crippen LogP contribution in [0, 0.1) is 11.8 Å². The highest BCUT2D eigenvalue weighted by molar-refractivity contribution is 5.91. The summed E-state index contributed by atoms with van der Waals surface area (Å²) >= 11 is 0. The summed E-state index contributed by atoms with van der Waals surface area (Å²) in [7, 11) is 0. The molecule has 3 rings (SSSR count). The average Bonchev–Trinajstić information content (AvgIpc) is 2.48. The van der Waals surface area contributed by atoms with E-state index in [1.54, 1.807) is 42.9 Å². The predicted octanol–water partition coefficient (Wildman–Crippen LogP) is 3.09. The zero-order valence-corrected chi connectivity index (χ0v) is 10.8. The topological polar surface area (TPSA) is 64.3 Å². The van der Waals surface area contributed by atoms with E-state index < -0.39 is 0 Å². The molecule has 98 valence electrons. The number of hydrogen-bond donors (Lipinski definition) is 0. The first-order valence-corrected chi connectivity index (χ1v) is 6.11. The van der Waals surface area contributed by atoms with E-state index in [0.717, 1.165) is 11.3 Å². The van der Waals surface area contributed by atoms with Crippen molar-refractivity contribution in [3.05, 3.63) is 69.7 Å². The van der Waals surface area contributed by atoms with Gasteiger partial charge >= 0.3 is 0 Å². The first-order chi connectivity index (χ1) is 9.72. The van der Waals surface area contributed by atoms with Crippen LogP contribution in [-0.2, 0) is 0 Å². The second-order valence-corrected chi connectivity index (χ2v) is 4.48. The SMILES string of the molecule is Cc1ccncc1-n1ccc2c(N=O)cccc2c1=O. The molecule has 1 aromatic carbocycles. The van der Waals surface area contributed by atoms with Gasteiger partial charge in [0.15, 0.2) is 0 Å². The van der Waals surface area contributed by atoms with Gasteiger partial charge in [0.25, 0.3) is 5.56 Å². The molecule has 0 aliphatic rings. The fourth-order valence-electron chi connectivity index (χ4n) is 2.24. The van der Waals surface area contributed by atoms with Crippen molar-refractivity contribution in [2.45, 2.75) is 6.92 Å². The number of pyridine rings is 2. The normalized spacial score (nSPS) is 10.7. The second kappa shape index (κ2) is 4.70. The van der Waals surface area contributed by atoms with E-state index in [4.69, 9.17) is 0 Å². The minimum atomic E-state index is -0.191. The van der Waals surface area contributed by atoms with Gasteiger partial charge in [-0.3, -0.25) is 14.3 Å². The fourth-order valence-corrected chi connectivity index (χ4v) is 2.24. The van der Waals surface area contributed by atoms with Crippen LogP contribution in [-0.4, -0.2) is 9.55 Å². The summed E-state index contributed by atoms with van der Waals surface area (Å²) < 4.78 is 1.53. The molecule has 0 spiro atoms. The maximum atomic E-state index is 12.5. The van der Waals surface area contributed by atoms with Crippen LogP contribution in [0.15, 0.2) is 58.9 Å². The van der Waals surface area contributed by atoms with Crippen molar-refractivity contribution in [1.82, 2.24) is 9.55 Å². The van der Waals surface area contributed by atoms with Crippen LogP contribution in [0.4, 0.5) is 5.69 Å². The number of nitrogens with zero attached hydrogens (tertiary/aromatic N) is 3. The molecule has 2 heterocycles. The summed E-state index contributed by atoms with van der Waals surface area (Å²) in [6, 6.07) is 8.50. The van der Waals surface area contributed by atoms with Crippen LogP contribution in [0.2, 0.25) is 0 Å². The molecular weight excluding hydrogens is 254 g/mol. The van der Waals surface area contributed by atoms with Gasteiger partial charge in [-0.2, -0.15) is 0 Å². The van der Waals surface area contributed by atoms with E-state index in [0.29, 0.717) is 10.8 Å². The highest BCUT2D eigenvalue weighted by Gasteiger charge is 2.09. The summed E-state index contributed by atoms with van der Waals surface area (Å²) in [5.74, 6) is 0. The number of hydrogen-bond acceptors (Lipinski definition) is 4. The predicted molar refractivity (Wildman–Crippen MR) is 77.5 cm³/mol. The van der Waals surface area contributed by atoms with Gasteiger partial charge in [-0.25, -0.2) is 0 Å². The molecular formula is C15H11N3O2. The first-order valence-electron chi connectivity index (χ1n) is 6.11. The van der Waals surface area contributed by atoms with Crippen molar-refractivity contribution in [2.75, 3.05) is 0 Å². The molecule has 3 aromatic rings. The summed E-state index contributed by atoms with van der Waals surface area (Å²) in [4.78, 5) is 27.4. The van der Waals surface area contributed by atoms with Gasteiger partial charge in [0, 0.05) is 23.2 Å². The Kier molecular flexibility index (Phi) is 2.87. The quantitative estimate of drug-likeness (QED) is 0.669. The number of aryl methyl sites for hydroxylation is 1. The third-order valence-corrected chi connectivity index (χ3v) is 3.29. The Labute approximate surface area is 114 Å². The van der Waals surface area contributed by atoms with E-state index in [2.05, 4.69) is 10.2 Å². The Bertz CT molecular complexity index is 868. The van der Waals surface area contributed by atoms with Crippen LogP contribution in [0.1, 0.15) is 5.56 Å². The van der Waals surface area contributed by atoms with Crippen LogP contribution in [0.3, 0.4) is 0 Å². The van der Waals surface area contributed by atoms with Crippen LogP contribution < -0.4 is 5.56 Å². The van der Waals surface area contributed by atoms with Gasteiger partial charge < -0.3 is 0 Å². The lowest BCUT2D eigenvalue weighted by atomic mass is 10.1. The van der Waals surface area contributed by atoms with E-state index >= 15 is 0 Å². The highest BCUT2D eigenvalue weighted by Crippen LogP contribution is 2.23. The maximum absolute atomic E-state index is 12.5. The van der Waals surface area contributed by atoms with Gasteiger partial charge in [-0.15, -0.1) is 4.91 Å². The Hall–Kier alpha value is -2.82. The molecule has 0 unspecified atom stereocenters. The molecule has 0 aliphatic heterocycles. The molecule has 0 radical (unpaired) electrons. The lowest BCUT2D eigenvalue weighted by molar-refractivity contribution is 0.980. The van der Waals surface area contributed by atoms with Gasteiger partial charge in [0.05, 0.1) is 11.9 Å². The summed E-state index contributed by atoms with van der Waals surface area (Å²) in [5.41, 5.74) is 1.76. The van der Waals surface area contributed by atoms with Gasteiger partial charge in [0.2, 0.25) is 0 Å². The number of rotatable bonds is 2. The molecule has 0 saturated heterocycles. The molecule has 0 bridgehead atoms. The van der Waals surface area contributed by atoms with Crippen LogP contribution >= 0.6 is 0 Å². The molecule has 2 aromatic heterocycles. The lowest BCUT2D eigenvalue weighted by Gasteiger charge is -2.09. The molecule has 0 saturated carbocycles. The summed E-state index contributed by atoms with van der Waals surface area (Å²) in [5, 5.41) is 3.98. The lowest BCUT2D eigenvalue weighted by Crippen LogP contribution is -2.18. The third-order valence-electron chi connectivity index (χ3n) is 3.29. The average molecular weight is 265 g/mol. The molecule has 0 atom stereocenters. The molecule has 20 heavy (non-hydrogen) atoms. The van der Waals surface area contributed by atoms with Crippen LogP contribution in [0.5, 0.6) is 0 Å². The fraction of sp³-hybridized carbons (Fsp3) is 0.0667. The van der Waals surface area contributed by atoms with Crippen molar-refractivity contribution < 1.29 is 0 Å². The van der Waals surface area contributed by atoms with Crippen molar-refractivity contribution in [1.29, 1.82) is 0 Å². The summed E-state index contributed by atoms with van der Waals surface area (Å²) in [6.45, 7) is 1.91. The number of nitroso groups, excluding NO2 is 1. The largest absolute Gasteiger partial charge is 0.282 e. The Morgan fingerprint density at radius 2 is 2.00 bits per heavy atom. The third kappa shape index (κ3) is 1.80. The number of fused-ring (bicyclic) bond motifs is 1. The van der Waals surface area contributed by atoms with Gasteiger partial charge in [-0.1, -0.05) is 6.07 Å². The van der Waals surface area contributed by atoms with Crippen molar-refractivity contribution in [3.8, 4) is 5.69 Å². The van der Waals surface area contributed by atoms with Gasteiger partial charge in [-0.05, 0) is 41.9 Å². The standard InChI is InChI=1S/C15H11N3O2/c1-10-5-7-16-9-14(10)18-8-6-11-12(15(18)19)3-2-4-13(11)17-20/h2-9H,1H3. The van der Waals surface area contributed by atoms with Crippen molar-refractivity contribution in [2.24, 2.45) is 5.18 Å². The Balaban J connectivity index is 2.36. The first kappa shape index (κ1) is 12.2. The Morgan fingerprint density at radius 1 is 1.15 bits per heavy atom. The zero-order valence-electron chi connectivity index (χ0n) is 10.8. The highest BCUT2D eigenvalue weighted by atomic mass is 16.3. The smallest absolute Gasteiger partial charge is 0.263 e. The monoisotopic (exact) mass is 265 g/mol. The molecule has 0 fully saturated rings. The van der Waals surface area contributed by atoms with E-state index in [1.165, 1.54) is 4.57 Å². The molecule has 0 N–H and O–H groups in total. The van der Waals surface area contributed by atoms with Gasteiger partial charge in [0.1, 0.15) is 5.69 Å². The molecule has 5 heteroatoms. The van der Waals surface area contributed by atoms with Crippen molar-refractivity contribution in [3.63, 3.8) is 0 Å². The molecule has 0 amide bonds. The maximum Gasteiger partial charge on any atom is 0.263 e.